The number of hydrogen-bond donors (Lipinski definition) is 1. The predicted molar refractivity (Wildman–Crippen MR) is 131 cm³/mol. The van der Waals surface area contributed by atoms with E-state index >= 15 is 0 Å². The molecule has 0 radical (unpaired) electrons. The van der Waals surface area contributed by atoms with Crippen LogP contribution in [0.4, 0.5) is 11.4 Å². The Kier molecular flexibility index (Phi) is 5.46. The Morgan fingerprint density at radius 3 is 2.09 bits per heavy atom. The fraction of sp³-hybridized carbons (Fsp3) is 0.296. The third-order valence-corrected chi connectivity index (χ3v) is 6.73. The third kappa shape index (κ3) is 3.70. The summed E-state index contributed by atoms with van der Waals surface area (Å²) in [5, 5.41) is 0. The zero-order valence-corrected chi connectivity index (χ0v) is 19.0. The van der Waals surface area contributed by atoms with Gasteiger partial charge in [0.25, 0.3) is 11.8 Å². The van der Waals surface area contributed by atoms with Crippen molar-refractivity contribution in [1.82, 2.24) is 4.98 Å². The molecule has 5 rings (SSSR count). The highest BCUT2D eigenvalue weighted by Crippen LogP contribution is 2.43. The summed E-state index contributed by atoms with van der Waals surface area (Å²) in [6.07, 6.45) is 5.46. The molecule has 168 valence electrons. The number of nitrogens with two attached hydrogens (primary N) is 1. The number of piperidine rings is 1. The van der Waals surface area contributed by atoms with Crippen LogP contribution in [0.3, 0.4) is 0 Å². The average Bonchev–Trinajstić information content (AvgIpc) is 3.08. The standard InChI is InChI=1S/C27H28N4O2/c1-17-11-18(2)13-20(12-17)23-15-29-16-24(25(23)30-9-7-19(14-28)8-10-30)31-26(32)21-5-3-4-6-22(21)27(31)33/h3-6,11-13,15-16,19H,7-10,14,28H2,1-2H3. The van der Waals surface area contributed by atoms with Crippen LogP contribution in [-0.2, 0) is 0 Å². The van der Waals surface area contributed by atoms with Gasteiger partial charge in [0.1, 0.15) is 0 Å². The molecule has 0 spiro atoms. The monoisotopic (exact) mass is 440 g/mol. The van der Waals surface area contributed by atoms with Gasteiger partial charge in [0.2, 0.25) is 0 Å². The molecule has 2 N–H and O–H groups in total. The van der Waals surface area contributed by atoms with Crippen molar-refractivity contribution < 1.29 is 9.59 Å². The second-order valence-corrected chi connectivity index (χ2v) is 9.09. The van der Waals surface area contributed by atoms with Crippen LogP contribution < -0.4 is 15.5 Å². The van der Waals surface area contributed by atoms with Gasteiger partial charge in [-0.2, -0.15) is 0 Å². The molecule has 2 aliphatic heterocycles. The molecule has 2 aliphatic rings. The maximum atomic E-state index is 13.3. The highest BCUT2D eigenvalue weighted by atomic mass is 16.2. The molecule has 1 fully saturated rings. The first kappa shape index (κ1) is 21.3. The maximum absolute atomic E-state index is 13.3. The fourth-order valence-corrected chi connectivity index (χ4v) is 5.08. The average molecular weight is 441 g/mol. The molecule has 33 heavy (non-hydrogen) atoms. The number of aryl methyl sites for hydroxylation is 2. The third-order valence-electron chi connectivity index (χ3n) is 6.73. The number of carbonyl (C=O) groups is 2. The van der Waals surface area contributed by atoms with Crippen LogP contribution in [0.1, 0.15) is 44.7 Å². The van der Waals surface area contributed by atoms with Crippen molar-refractivity contribution in [3.63, 3.8) is 0 Å². The van der Waals surface area contributed by atoms with Crippen LogP contribution in [0, 0.1) is 19.8 Å². The number of rotatable bonds is 4. The number of fused-ring (bicyclic) bond motifs is 1. The van der Waals surface area contributed by atoms with E-state index in [1.807, 2.05) is 6.20 Å². The zero-order chi connectivity index (χ0) is 23.1. The van der Waals surface area contributed by atoms with Crippen LogP contribution in [0.2, 0.25) is 0 Å². The SMILES string of the molecule is Cc1cc(C)cc(-c2cncc(N3C(=O)c4ccccc4C3=O)c2N2CCC(CN)CC2)c1. The number of amides is 2. The number of carbonyl (C=O) groups excluding carboxylic acids is 2. The predicted octanol–water partition coefficient (Wildman–Crippen LogP) is 4.34. The van der Waals surface area contributed by atoms with Crippen molar-refractivity contribution in [2.45, 2.75) is 26.7 Å². The summed E-state index contributed by atoms with van der Waals surface area (Å²) in [7, 11) is 0. The van der Waals surface area contributed by atoms with Crippen LogP contribution in [0.15, 0.2) is 54.9 Å². The maximum Gasteiger partial charge on any atom is 0.266 e. The highest BCUT2D eigenvalue weighted by Gasteiger charge is 2.39. The molecule has 0 bridgehead atoms. The highest BCUT2D eigenvalue weighted by molar-refractivity contribution is 6.35. The number of benzene rings is 2. The van der Waals surface area contributed by atoms with Gasteiger partial charge in [0, 0.05) is 24.8 Å². The number of pyridine rings is 1. The molecule has 0 atom stereocenters. The van der Waals surface area contributed by atoms with E-state index in [0.717, 1.165) is 53.9 Å². The van der Waals surface area contributed by atoms with E-state index in [9.17, 15) is 9.59 Å². The Morgan fingerprint density at radius 2 is 1.52 bits per heavy atom. The molecular formula is C27H28N4O2. The second kappa shape index (κ2) is 8.45. The summed E-state index contributed by atoms with van der Waals surface area (Å²) in [6.45, 7) is 6.47. The van der Waals surface area contributed by atoms with Gasteiger partial charge in [-0.15, -0.1) is 0 Å². The normalized spacial score (nSPS) is 16.5. The number of aromatic nitrogens is 1. The molecule has 2 amide bonds. The Morgan fingerprint density at radius 1 is 0.909 bits per heavy atom. The summed E-state index contributed by atoms with van der Waals surface area (Å²) >= 11 is 0. The van der Waals surface area contributed by atoms with Gasteiger partial charge in [-0.3, -0.25) is 14.6 Å². The molecule has 1 aromatic heterocycles. The van der Waals surface area contributed by atoms with E-state index in [-0.39, 0.29) is 11.8 Å². The molecule has 0 saturated carbocycles. The lowest BCUT2D eigenvalue weighted by Gasteiger charge is -2.36. The van der Waals surface area contributed by atoms with Crippen molar-refractivity contribution >= 4 is 23.2 Å². The first-order chi connectivity index (χ1) is 16.0. The topological polar surface area (TPSA) is 79.5 Å². The quantitative estimate of drug-likeness (QED) is 0.611. The molecule has 6 heteroatoms. The van der Waals surface area contributed by atoms with Crippen LogP contribution in [-0.4, -0.2) is 36.4 Å². The number of anilines is 2. The minimum Gasteiger partial charge on any atom is -0.369 e. The zero-order valence-electron chi connectivity index (χ0n) is 19.0. The lowest BCUT2D eigenvalue weighted by molar-refractivity contribution is 0.0926. The molecule has 0 unspecified atom stereocenters. The number of hydrogen-bond acceptors (Lipinski definition) is 5. The van der Waals surface area contributed by atoms with E-state index < -0.39 is 0 Å². The molecule has 0 aliphatic carbocycles. The number of imide groups is 1. The molecule has 6 nitrogen and oxygen atoms in total. The lowest BCUT2D eigenvalue weighted by atomic mass is 9.94. The minimum absolute atomic E-state index is 0.298. The summed E-state index contributed by atoms with van der Waals surface area (Å²) < 4.78 is 0. The Labute approximate surface area is 194 Å². The van der Waals surface area contributed by atoms with E-state index in [1.165, 1.54) is 4.90 Å². The van der Waals surface area contributed by atoms with Gasteiger partial charge >= 0.3 is 0 Å². The van der Waals surface area contributed by atoms with Crippen molar-refractivity contribution in [2.75, 3.05) is 29.4 Å². The molecule has 3 heterocycles. The van der Waals surface area contributed by atoms with Gasteiger partial charge < -0.3 is 10.6 Å². The van der Waals surface area contributed by atoms with Crippen LogP contribution in [0.5, 0.6) is 0 Å². The van der Waals surface area contributed by atoms with Gasteiger partial charge in [0.05, 0.1) is 28.7 Å². The van der Waals surface area contributed by atoms with Crippen LogP contribution >= 0.6 is 0 Å². The summed E-state index contributed by atoms with van der Waals surface area (Å²) in [4.78, 5) is 34.8. The summed E-state index contributed by atoms with van der Waals surface area (Å²) in [6, 6.07) is 13.4. The van der Waals surface area contributed by atoms with E-state index in [1.54, 1.807) is 30.5 Å². The van der Waals surface area contributed by atoms with Gasteiger partial charge in [-0.1, -0.05) is 41.5 Å². The van der Waals surface area contributed by atoms with Crippen molar-refractivity contribution in [3.05, 3.63) is 77.1 Å². The van der Waals surface area contributed by atoms with Crippen molar-refractivity contribution in [2.24, 2.45) is 11.7 Å². The van der Waals surface area contributed by atoms with E-state index in [0.29, 0.717) is 29.3 Å². The molecular weight excluding hydrogens is 412 g/mol. The summed E-state index contributed by atoms with van der Waals surface area (Å²) in [5.41, 5.74) is 12.5. The van der Waals surface area contributed by atoms with Gasteiger partial charge in [0.15, 0.2) is 0 Å². The van der Waals surface area contributed by atoms with Crippen LogP contribution in [0.25, 0.3) is 11.1 Å². The molecule has 3 aromatic rings. The second-order valence-electron chi connectivity index (χ2n) is 9.09. The van der Waals surface area contributed by atoms with E-state index in [2.05, 4.69) is 41.9 Å². The molecule has 1 saturated heterocycles. The first-order valence-corrected chi connectivity index (χ1v) is 11.5. The van der Waals surface area contributed by atoms with Gasteiger partial charge in [-0.25, -0.2) is 4.90 Å². The van der Waals surface area contributed by atoms with Crippen molar-refractivity contribution in [1.29, 1.82) is 0 Å². The fourth-order valence-electron chi connectivity index (χ4n) is 5.08. The lowest BCUT2D eigenvalue weighted by Crippen LogP contribution is -2.38. The summed E-state index contributed by atoms with van der Waals surface area (Å²) in [5.74, 6) is -0.100. The largest absolute Gasteiger partial charge is 0.369 e. The minimum atomic E-state index is -0.298. The Bertz CT molecular complexity index is 1190. The van der Waals surface area contributed by atoms with Gasteiger partial charge in [-0.05, 0) is 56.8 Å². The van der Waals surface area contributed by atoms with E-state index in [4.69, 9.17) is 5.73 Å². The molecule has 2 aromatic carbocycles. The first-order valence-electron chi connectivity index (χ1n) is 11.5. The smallest absolute Gasteiger partial charge is 0.266 e. The Hall–Kier alpha value is -3.51. The Balaban J connectivity index is 1.67. The van der Waals surface area contributed by atoms with Crippen molar-refractivity contribution in [3.8, 4) is 11.1 Å². The number of nitrogens with zero attached hydrogens (tertiary/aromatic N) is 3.